The maximum atomic E-state index is 6.55. The number of hydrogen-bond donors (Lipinski definition) is 0. The third-order valence-corrected chi connectivity index (χ3v) is 7.12. The highest BCUT2D eigenvalue weighted by Gasteiger charge is 2.23. The molecule has 0 saturated carbocycles. The van der Waals surface area contributed by atoms with Crippen LogP contribution in [0.1, 0.15) is 52.7 Å². The summed E-state index contributed by atoms with van der Waals surface area (Å²) in [5.74, 6) is 0. The van der Waals surface area contributed by atoms with E-state index in [9.17, 15) is 0 Å². The zero-order valence-corrected chi connectivity index (χ0v) is 21.4. The van der Waals surface area contributed by atoms with Gasteiger partial charge in [0.05, 0.1) is 5.52 Å². The van der Waals surface area contributed by atoms with Gasteiger partial charge in [0.2, 0.25) is 0 Å². The molecule has 0 fully saturated rings. The number of hydrogen-bond acceptors (Lipinski definition) is 2. The fraction of sp³-hybridized carbons (Fsp3) is 0.242. The van der Waals surface area contributed by atoms with Gasteiger partial charge < -0.3 is 4.42 Å². The second kappa shape index (κ2) is 7.42. The standard InChI is InChI=1S/C33H31NO/c1-32(2,3)22-15-16-27-25(19-22)29-24-13-9-10-14-28(24)35-31(29)30(34-27)21-17-20-11-7-8-12-23(20)26(18-21)33(4,5)6/h7-19H,1-6H3. The fourth-order valence-corrected chi connectivity index (χ4v) is 5.21. The van der Waals surface area contributed by atoms with Crippen LogP contribution in [-0.2, 0) is 10.8 Å². The zero-order chi connectivity index (χ0) is 24.5. The molecule has 6 rings (SSSR count). The van der Waals surface area contributed by atoms with E-state index in [4.69, 9.17) is 9.40 Å². The molecule has 0 saturated heterocycles. The summed E-state index contributed by atoms with van der Waals surface area (Å²) in [4.78, 5) is 5.23. The van der Waals surface area contributed by atoms with Gasteiger partial charge in [-0.3, -0.25) is 0 Å². The van der Waals surface area contributed by atoms with Crippen molar-refractivity contribution < 1.29 is 4.42 Å². The Morgan fingerprint density at radius 3 is 2.11 bits per heavy atom. The van der Waals surface area contributed by atoms with E-state index in [0.717, 1.165) is 44.1 Å². The second-order valence-electron chi connectivity index (χ2n) is 11.7. The maximum absolute atomic E-state index is 6.55. The van der Waals surface area contributed by atoms with Gasteiger partial charge in [-0.05, 0) is 63.1 Å². The number of aromatic nitrogens is 1. The lowest BCUT2D eigenvalue weighted by atomic mass is 9.82. The van der Waals surface area contributed by atoms with Gasteiger partial charge in [0.25, 0.3) is 0 Å². The lowest BCUT2D eigenvalue weighted by Crippen LogP contribution is -2.12. The van der Waals surface area contributed by atoms with E-state index >= 15 is 0 Å². The Bertz CT molecular complexity index is 1760. The topological polar surface area (TPSA) is 26.0 Å². The zero-order valence-electron chi connectivity index (χ0n) is 21.4. The largest absolute Gasteiger partial charge is 0.454 e. The number of nitrogens with zero attached hydrogens (tertiary/aromatic N) is 1. The van der Waals surface area contributed by atoms with Crippen molar-refractivity contribution in [2.45, 2.75) is 52.4 Å². The van der Waals surface area contributed by atoms with Crippen LogP contribution in [0.2, 0.25) is 0 Å². The molecule has 6 aromatic rings. The Morgan fingerprint density at radius 1 is 0.657 bits per heavy atom. The summed E-state index contributed by atoms with van der Waals surface area (Å²) >= 11 is 0. The molecule has 0 bridgehead atoms. The SMILES string of the molecule is CC(C)(C)c1ccc2nc(-c3cc(C(C)(C)C)c4ccccc4c3)c3oc4ccccc4c3c2c1. The van der Waals surface area contributed by atoms with E-state index < -0.39 is 0 Å². The van der Waals surface area contributed by atoms with Crippen LogP contribution < -0.4 is 0 Å². The van der Waals surface area contributed by atoms with Gasteiger partial charge in [0.15, 0.2) is 5.58 Å². The van der Waals surface area contributed by atoms with E-state index in [0.29, 0.717) is 0 Å². The highest BCUT2D eigenvalue weighted by Crippen LogP contribution is 2.42. The molecule has 0 spiro atoms. The Morgan fingerprint density at radius 2 is 1.37 bits per heavy atom. The van der Waals surface area contributed by atoms with Crippen LogP contribution in [0, 0.1) is 0 Å². The summed E-state index contributed by atoms with van der Waals surface area (Å²) in [7, 11) is 0. The highest BCUT2D eigenvalue weighted by atomic mass is 16.3. The number of furan rings is 1. The molecule has 0 unspecified atom stereocenters. The van der Waals surface area contributed by atoms with Crippen LogP contribution in [0.5, 0.6) is 0 Å². The predicted molar refractivity (Wildman–Crippen MR) is 149 cm³/mol. The summed E-state index contributed by atoms with van der Waals surface area (Å²) in [6.45, 7) is 13.6. The van der Waals surface area contributed by atoms with Crippen molar-refractivity contribution in [2.75, 3.05) is 0 Å². The normalized spacial score (nSPS) is 12.9. The molecule has 0 aliphatic carbocycles. The van der Waals surface area contributed by atoms with Gasteiger partial charge in [-0.15, -0.1) is 0 Å². The van der Waals surface area contributed by atoms with E-state index in [1.165, 1.54) is 21.9 Å². The monoisotopic (exact) mass is 457 g/mol. The first-order valence-electron chi connectivity index (χ1n) is 12.4. The molecule has 0 radical (unpaired) electrons. The van der Waals surface area contributed by atoms with Crippen molar-refractivity contribution in [2.24, 2.45) is 0 Å². The lowest BCUT2D eigenvalue weighted by molar-refractivity contribution is 0.591. The van der Waals surface area contributed by atoms with Crippen LogP contribution in [0.3, 0.4) is 0 Å². The molecule has 2 heterocycles. The van der Waals surface area contributed by atoms with Crippen molar-refractivity contribution >= 4 is 43.6 Å². The van der Waals surface area contributed by atoms with Gasteiger partial charge >= 0.3 is 0 Å². The van der Waals surface area contributed by atoms with Crippen LogP contribution in [0.4, 0.5) is 0 Å². The molecule has 174 valence electrons. The molecule has 35 heavy (non-hydrogen) atoms. The second-order valence-corrected chi connectivity index (χ2v) is 11.7. The molecule has 2 nitrogen and oxygen atoms in total. The molecular formula is C33H31NO. The number of pyridine rings is 1. The summed E-state index contributed by atoms with van der Waals surface area (Å²) in [6, 6.07) is 28.2. The van der Waals surface area contributed by atoms with Crippen molar-refractivity contribution in [3.05, 3.63) is 90.0 Å². The van der Waals surface area contributed by atoms with E-state index in [1.807, 2.05) is 6.07 Å². The summed E-state index contributed by atoms with van der Waals surface area (Å²) in [5, 5.41) is 5.96. The summed E-state index contributed by atoms with van der Waals surface area (Å²) in [6.07, 6.45) is 0. The Kier molecular flexibility index (Phi) is 4.63. The molecule has 0 N–H and O–H groups in total. The molecule has 2 heteroatoms. The molecule has 0 aliphatic rings. The highest BCUT2D eigenvalue weighted by molar-refractivity contribution is 6.21. The Hall–Kier alpha value is -3.65. The predicted octanol–water partition coefficient (Wildman–Crippen LogP) is 9.55. The van der Waals surface area contributed by atoms with Gasteiger partial charge in [-0.2, -0.15) is 0 Å². The Balaban J connectivity index is 1.76. The van der Waals surface area contributed by atoms with Gasteiger partial charge in [0, 0.05) is 21.7 Å². The van der Waals surface area contributed by atoms with Gasteiger partial charge in [-0.1, -0.05) is 90.1 Å². The minimum Gasteiger partial charge on any atom is -0.454 e. The average Bonchev–Trinajstić information content (AvgIpc) is 3.21. The first-order chi connectivity index (χ1) is 16.6. The van der Waals surface area contributed by atoms with Crippen LogP contribution >= 0.6 is 0 Å². The van der Waals surface area contributed by atoms with Crippen LogP contribution in [-0.4, -0.2) is 4.98 Å². The quantitative estimate of drug-likeness (QED) is 0.246. The number of rotatable bonds is 1. The third-order valence-electron chi connectivity index (χ3n) is 7.12. The number of fused-ring (bicyclic) bond motifs is 6. The van der Waals surface area contributed by atoms with Crippen LogP contribution in [0.25, 0.3) is 54.9 Å². The first kappa shape index (κ1) is 21.9. The summed E-state index contributed by atoms with van der Waals surface area (Å²) < 4.78 is 6.55. The summed E-state index contributed by atoms with van der Waals surface area (Å²) in [5.41, 5.74) is 7.43. The number of benzene rings is 4. The minimum atomic E-state index is 0.00106. The molecular weight excluding hydrogens is 426 g/mol. The maximum Gasteiger partial charge on any atom is 0.162 e. The van der Waals surface area contributed by atoms with Crippen molar-refractivity contribution in [3.63, 3.8) is 0 Å². The van der Waals surface area contributed by atoms with Crippen LogP contribution in [0.15, 0.2) is 83.3 Å². The smallest absolute Gasteiger partial charge is 0.162 e. The fourth-order valence-electron chi connectivity index (χ4n) is 5.21. The molecule has 4 aromatic carbocycles. The lowest BCUT2D eigenvalue weighted by Gasteiger charge is -2.23. The van der Waals surface area contributed by atoms with Gasteiger partial charge in [0.1, 0.15) is 11.3 Å². The molecule has 0 atom stereocenters. The molecule has 2 aromatic heterocycles. The van der Waals surface area contributed by atoms with Crippen molar-refractivity contribution in [3.8, 4) is 11.3 Å². The Labute approximate surface area is 206 Å². The van der Waals surface area contributed by atoms with E-state index in [1.54, 1.807) is 0 Å². The molecule has 0 aliphatic heterocycles. The van der Waals surface area contributed by atoms with E-state index in [2.05, 4.69) is 114 Å². The average molecular weight is 458 g/mol. The van der Waals surface area contributed by atoms with Crippen molar-refractivity contribution in [1.82, 2.24) is 4.98 Å². The minimum absolute atomic E-state index is 0.00106. The van der Waals surface area contributed by atoms with Crippen molar-refractivity contribution in [1.29, 1.82) is 0 Å². The van der Waals surface area contributed by atoms with E-state index in [-0.39, 0.29) is 10.8 Å². The number of para-hydroxylation sites is 1. The van der Waals surface area contributed by atoms with Gasteiger partial charge in [-0.25, -0.2) is 4.98 Å². The third kappa shape index (κ3) is 3.51. The first-order valence-corrected chi connectivity index (χ1v) is 12.4. The molecule has 0 amide bonds.